The van der Waals surface area contributed by atoms with Crippen LogP contribution in [0.1, 0.15) is 36.1 Å². The summed E-state index contributed by atoms with van der Waals surface area (Å²) < 4.78 is 27.9. The minimum Gasteiger partial charge on any atom is -0.262 e. The van der Waals surface area contributed by atoms with E-state index in [1.54, 1.807) is 19.1 Å². The van der Waals surface area contributed by atoms with Gasteiger partial charge in [0.05, 0.1) is 17.0 Å². The van der Waals surface area contributed by atoms with E-state index in [1.807, 2.05) is 31.2 Å². The summed E-state index contributed by atoms with van der Waals surface area (Å²) in [6.45, 7) is 3.75. The van der Waals surface area contributed by atoms with E-state index in [2.05, 4.69) is 12.1 Å². The smallest absolute Gasteiger partial charge is 0.262 e. The molecule has 2 atom stereocenters. The lowest BCUT2D eigenvalue weighted by atomic mass is 9.85. The topological polar surface area (TPSA) is 49.7 Å². The van der Waals surface area contributed by atoms with Crippen LogP contribution in [0.15, 0.2) is 58.4 Å². The molecule has 4 nitrogen and oxygen atoms in total. The summed E-state index contributed by atoms with van der Waals surface area (Å²) in [5.74, 6) is 0.585. The maximum Gasteiger partial charge on any atom is 0.265 e. The molecular formula is C19H20N2O2S. The summed E-state index contributed by atoms with van der Waals surface area (Å²) in [6.07, 6.45) is 1.69. The van der Waals surface area contributed by atoms with E-state index in [0.29, 0.717) is 10.7 Å². The number of amidine groups is 1. The molecule has 0 saturated heterocycles. The molecule has 0 fully saturated rings. The summed E-state index contributed by atoms with van der Waals surface area (Å²) in [5.41, 5.74) is 3.49. The van der Waals surface area contributed by atoms with Crippen molar-refractivity contribution < 1.29 is 8.42 Å². The average Bonchev–Trinajstić information content (AvgIpc) is 2.92. The Morgan fingerprint density at radius 3 is 2.50 bits per heavy atom. The average molecular weight is 340 g/mol. The third-order valence-corrected chi connectivity index (χ3v) is 6.89. The summed E-state index contributed by atoms with van der Waals surface area (Å²) in [4.78, 5) is 5.04. The quantitative estimate of drug-likeness (QED) is 0.840. The van der Waals surface area contributed by atoms with Crippen LogP contribution in [0.4, 0.5) is 0 Å². The Hall–Kier alpha value is -2.14. The van der Waals surface area contributed by atoms with Crippen LogP contribution >= 0.6 is 0 Å². The van der Waals surface area contributed by atoms with Gasteiger partial charge in [0.1, 0.15) is 5.84 Å². The van der Waals surface area contributed by atoms with E-state index in [-0.39, 0.29) is 12.1 Å². The van der Waals surface area contributed by atoms with Crippen LogP contribution < -0.4 is 0 Å². The monoisotopic (exact) mass is 340 g/mol. The van der Waals surface area contributed by atoms with Crippen LogP contribution in [0.2, 0.25) is 0 Å². The number of aliphatic imine (C=N–C) groups is 1. The number of aryl methyl sites for hydroxylation is 2. The van der Waals surface area contributed by atoms with Gasteiger partial charge in [-0.2, -0.15) is 0 Å². The minimum absolute atomic E-state index is 0.0878. The summed E-state index contributed by atoms with van der Waals surface area (Å²) in [5, 5.41) is 0. The predicted octanol–water partition coefficient (Wildman–Crippen LogP) is 3.47. The SMILES string of the molecule is CC1=NC2c3ccccc3CCC2N1S(=O)(=O)c1ccc(C)cc1. The van der Waals surface area contributed by atoms with Crippen molar-refractivity contribution in [3.8, 4) is 0 Å². The molecule has 1 heterocycles. The van der Waals surface area contributed by atoms with Gasteiger partial charge in [-0.3, -0.25) is 4.99 Å². The first-order valence-electron chi connectivity index (χ1n) is 8.22. The minimum atomic E-state index is -3.58. The Labute approximate surface area is 142 Å². The van der Waals surface area contributed by atoms with Crippen LogP contribution in [-0.2, 0) is 16.4 Å². The summed E-state index contributed by atoms with van der Waals surface area (Å²) in [6, 6.07) is 15.1. The summed E-state index contributed by atoms with van der Waals surface area (Å²) in [7, 11) is -3.58. The fourth-order valence-corrected chi connectivity index (χ4v) is 5.47. The molecule has 0 radical (unpaired) electrons. The second-order valence-corrected chi connectivity index (χ2v) is 8.35. The Morgan fingerprint density at radius 2 is 1.75 bits per heavy atom. The molecule has 0 N–H and O–H groups in total. The molecular weight excluding hydrogens is 320 g/mol. The number of benzene rings is 2. The number of rotatable bonds is 2. The Kier molecular flexibility index (Phi) is 3.49. The predicted molar refractivity (Wildman–Crippen MR) is 94.6 cm³/mol. The summed E-state index contributed by atoms with van der Waals surface area (Å²) >= 11 is 0. The van der Waals surface area contributed by atoms with Crippen molar-refractivity contribution in [2.75, 3.05) is 0 Å². The van der Waals surface area contributed by atoms with Crippen molar-refractivity contribution in [3.05, 3.63) is 65.2 Å². The van der Waals surface area contributed by atoms with Crippen LogP contribution in [0.25, 0.3) is 0 Å². The van der Waals surface area contributed by atoms with Gasteiger partial charge in [-0.1, -0.05) is 42.0 Å². The van der Waals surface area contributed by atoms with Crippen LogP contribution in [0.5, 0.6) is 0 Å². The van der Waals surface area contributed by atoms with Crippen LogP contribution in [0, 0.1) is 6.92 Å². The van der Waals surface area contributed by atoms with E-state index < -0.39 is 10.0 Å². The van der Waals surface area contributed by atoms with Gasteiger partial charge < -0.3 is 0 Å². The highest BCUT2D eigenvalue weighted by Crippen LogP contribution is 2.42. The standard InChI is InChI=1S/C19H20N2O2S/c1-13-7-10-16(11-8-13)24(22,23)21-14(2)20-19-17-6-4-3-5-15(17)9-12-18(19)21/h3-8,10-11,18-19H,9,12H2,1-2H3. The lowest BCUT2D eigenvalue weighted by Gasteiger charge is -2.33. The van der Waals surface area contributed by atoms with Gasteiger partial charge in [0.15, 0.2) is 0 Å². The van der Waals surface area contributed by atoms with Gasteiger partial charge in [0.2, 0.25) is 0 Å². The number of fused-ring (bicyclic) bond motifs is 3. The first-order chi connectivity index (χ1) is 11.5. The molecule has 24 heavy (non-hydrogen) atoms. The number of nitrogens with zero attached hydrogens (tertiary/aromatic N) is 2. The highest BCUT2D eigenvalue weighted by atomic mass is 32.2. The van der Waals surface area contributed by atoms with Crippen molar-refractivity contribution in [2.24, 2.45) is 4.99 Å². The molecule has 0 bridgehead atoms. The molecule has 2 aromatic carbocycles. The van der Waals surface area contributed by atoms with Crippen LogP contribution in [0.3, 0.4) is 0 Å². The Balaban J connectivity index is 1.76. The highest BCUT2D eigenvalue weighted by molar-refractivity contribution is 7.89. The zero-order chi connectivity index (χ0) is 16.9. The van der Waals surface area contributed by atoms with E-state index >= 15 is 0 Å². The maximum atomic E-state index is 13.2. The molecule has 2 aromatic rings. The van der Waals surface area contributed by atoms with E-state index in [0.717, 1.165) is 24.0 Å². The van der Waals surface area contributed by atoms with Gasteiger partial charge in [0, 0.05) is 0 Å². The molecule has 4 rings (SSSR count). The number of hydrogen-bond donors (Lipinski definition) is 0. The number of hydrogen-bond acceptors (Lipinski definition) is 3. The lowest BCUT2D eigenvalue weighted by Crippen LogP contribution is -2.42. The van der Waals surface area contributed by atoms with Gasteiger partial charge in [-0.25, -0.2) is 12.7 Å². The fraction of sp³-hybridized carbons (Fsp3) is 0.316. The lowest BCUT2D eigenvalue weighted by molar-refractivity contribution is 0.369. The van der Waals surface area contributed by atoms with Crippen molar-refractivity contribution in [2.45, 2.75) is 43.7 Å². The molecule has 1 aliphatic carbocycles. The molecule has 0 spiro atoms. The Morgan fingerprint density at radius 1 is 1.04 bits per heavy atom. The molecule has 5 heteroatoms. The first kappa shape index (κ1) is 15.4. The largest absolute Gasteiger partial charge is 0.265 e. The normalized spacial score (nSPS) is 22.8. The third kappa shape index (κ3) is 2.26. The molecule has 1 aliphatic heterocycles. The van der Waals surface area contributed by atoms with Gasteiger partial charge >= 0.3 is 0 Å². The van der Waals surface area contributed by atoms with E-state index in [4.69, 9.17) is 4.99 Å². The van der Waals surface area contributed by atoms with E-state index in [1.165, 1.54) is 9.87 Å². The first-order valence-corrected chi connectivity index (χ1v) is 9.66. The second-order valence-electron chi connectivity index (χ2n) is 6.54. The molecule has 2 unspecified atom stereocenters. The van der Waals surface area contributed by atoms with Crippen molar-refractivity contribution in [3.63, 3.8) is 0 Å². The third-order valence-electron chi connectivity index (χ3n) is 4.97. The van der Waals surface area contributed by atoms with Crippen molar-refractivity contribution in [1.82, 2.24) is 4.31 Å². The van der Waals surface area contributed by atoms with Gasteiger partial charge in [0.25, 0.3) is 10.0 Å². The molecule has 0 saturated carbocycles. The highest BCUT2D eigenvalue weighted by Gasteiger charge is 2.44. The second kappa shape index (κ2) is 5.45. The zero-order valence-corrected chi connectivity index (χ0v) is 14.6. The zero-order valence-electron chi connectivity index (χ0n) is 13.8. The Bertz CT molecular complexity index is 917. The molecule has 0 amide bonds. The fourth-order valence-electron chi connectivity index (χ4n) is 3.79. The van der Waals surface area contributed by atoms with Crippen molar-refractivity contribution in [1.29, 1.82) is 0 Å². The molecule has 2 aliphatic rings. The molecule has 124 valence electrons. The van der Waals surface area contributed by atoms with Crippen molar-refractivity contribution >= 4 is 15.9 Å². The van der Waals surface area contributed by atoms with E-state index in [9.17, 15) is 8.42 Å². The maximum absolute atomic E-state index is 13.2. The van der Waals surface area contributed by atoms with Gasteiger partial charge in [-0.15, -0.1) is 0 Å². The number of sulfonamides is 1. The van der Waals surface area contributed by atoms with Gasteiger partial charge in [-0.05, 0) is 49.9 Å². The molecule has 0 aromatic heterocycles. The van der Waals surface area contributed by atoms with Crippen LogP contribution in [-0.4, -0.2) is 24.6 Å².